The minimum atomic E-state index is -0.989. The molecule has 106 valence electrons. The smallest absolute Gasteiger partial charge is 0.307 e. The lowest BCUT2D eigenvalue weighted by Crippen LogP contribution is -2.17. The lowest BCUT2D eigenvalue weighted by atomic mass is 10.1. The lowest BCUT2D eigenvalue weighted by Gasteiger charge is -2.09. The van der Waals surface area contributed by atoms with E-state index in [4.69, 9.17) is 5.11 Å². The molecule has 0 bridgehead atoms. The molecule has 0 radical (unpaired) electrons. The van der Waals surface area contributed by atoms with Crippen LogP contribution in [0.2, 0.25) is 0 Å². The number of aryl methyl sites for hydroxylation is 2. The molecule has 1 saturated carbocycles. The number of hydrogen-bond donors (Lipinski definition) is 2. The number of benzene rings is 1. The fourth-order valence-electron chi connectivity index (χ4n) is 2.16. The molecule has 1 amide bonds. The normalized spacial score (nSPS) is 20.3. The molecule has 0 unspecified atom stereocenters. The molecule has 1 aromatic rings. The van der Waals surface area contributed by atoms with E-state index in [1.54, 1.807) is 19.9 Å². The molecule has 1 aliphatic carbocycles. The van der Waals surface area contributed by atoms with Crippen LogP contribution in [-0.2, 0) is 9.59 Å². The summed E-state index contributed by atoms with van der Waals surface area (Å²) in [6.07, 6.45) is 0.314. The summed E-state index contributed by atoms with van der Waals surface area (Å²) in [6.45, 7) is 3.35. The van der Waals surface area contributed by atoms with Crippen LogP contribution in [0.5, 0.6) is 0 Å². The predicted molar refractivity (Wildman–Crippen MR) is 70.4 cm³/mol. The summed E-state index contributed by atoms with van der Waals surface area (Å²) in [5, 5.41) is 22.2. The second-order valence-electron chi connectivity index (χ2n) is 4.99. The first kappa shape index (κ1) is 14.0. The molecule has 2 rings (SSSR count). The number of amides is 1. The van der Waals surface area contributed by atoms with Crippen LogP contribution in [0.4, 0.5) is 11.4 Å². The van der Waals surface area contributed by atoms with Gasteiger partial charge in [-0.3, -0.25) is 19.7 Å². The average Bonchev–Trinajstić information content (AvgIpc) is 3.12. The van der Waals surface area contributed by atoms with E-state index >= 15 is 0 Å². The van der Waals surface area contributed by atoms with Crippen molar-refractivity contribution < 1.29 is 19.6 Å². The van der Waals surface area contributed by atoms with E-state index in [0.29, 0.717) is 23.2 Å². The molecule has 1 aromatic carbocycles. The van der Waals surface area contributed by atoms with Gasteiger partial charge in [0.05, 0.1) is 22.4 Å². The van der Waals surface area contributed by atoms with Gasteiger partial charge in [0, 0.05) is 11.6 Å². The van der Waals surface area contributed by atoms with Crippen molar-refractivity contribution in [3.63, 3.8) is 0 Å². The maximum Gasteiger partial charge on any atom is 0.307 e. The fourth-order valence-corrected chi connectivity index (χ4v) is 2.16. The summed E-state index contributed by atoms with van der Waals surface area (Å²) in [4.78, 5) is 32.9. The Kier molecular flexibility index (Phi) is 3.44. The van der Waals surface area contributed by atoms with Crippen molar-refractivity contribution >= 4 is 23.3 Å². The number of nitro benzene ring substituents is 1. The Morgan fingerprint density at radius 3 is 2.45 bits per heavy atom. The second kappa shape index (κ2) is 4.92. The van der Waals surface area contributed by atoms with Crippen molar-refractivity contribution in [2.24, 2.45) is 11.8 Å². The minimum Gasteiger partial charge on any atom is -0.481 e. The Bertz CT molecular complexity index is 611. The summed E-state index contributed by atoms with van der Waals surface area (Å²) < 4.78 is 0. The summed E-state index contributed by atoms with van der Waals surface area (Å²) in [5.74, 6) is -2.58. The zero-order valence-electron chi connectivity index (χ0n) is 11.0. The van der Waals surface area contributed by atoms with Crippen molar-refractivity contribution in [1.29, 1.82) is 0 Å². The van der Waals surface area contributed by atoms with Gasteiger partial charge in [0.25, 0.3) is 5.69 Å². The van der Waals surface area contributed by atoms with Crippen molar-refractivity contribution in [1.82, 2.24) is 0 Å². The van der Waals surface area contributed by atoms with Gasteiger partial charge in [-0.2, -0.15) is 0 Å². The maximum absolute atomic E-state index is 11.9. The zero-order chi connectivity index (χ0) is 15.0. The Hall–Kier alpha value is -2.44. The third kappa shape index (κ3) is 2.61. The van der Waals surface area contributed by atoms with E-state index < -0.39 is 28.6 Å². The Labute approximate surface area is 114 Å². The number of nitrogens with zero attached hydrogens (tertiary/aromatic N) is 1. The molecule has 7 nitrogen and oxygen atoms in total. The first-order chi connectivity index (χ1) is 9.31. The first-order valence-electron chi connectivity index (χ1n) is 6.10. The second-order valence-corrected chi connectivity index (χ2v) is 4.99. The standard InChI is InChI=1S/C13H14N2O5/c1-6-3-7(2)11(15(19)20)5-10(6)14-12(16)8-4-9(8)13(17)18/h3,5,8-9H,4H2,1-2H3,(H,14,16)(H,17,18)/t8-,9+/m1/s1. The van der Waals surface area contributed by atoms with Gasteiger partial charge < -0.3 is 10.4 Å². The Morgan fingerprint density at radius 1 is 1.30 bits per heavy atom. The van der Waals surface area contributed by atoms with Crippen LogP contribution in [0.3, 0.4) is 0 Å². The van der Waals surface area contributed by atoms with Gasteiger partial charge in [-0.05, 0) is 31.9 Å². The van der Waals surface area contributed by atoms with Gasteiger partial charge >= 0.3 is 5.97 Å². The van der Waals surface area contributed by atoms with E-state index in [1.165, 1.54) is 6.07 Å². The Morgan fingerprint density at radius 2 is 1.95 bits per heavy atom. The number of carbonyl (C=O) groups excluding carboxylic acids is 1. The van der Waals surface area contributed by atoms with Crippen molar-refractivity contribution in [3.8, 4) is 0 Å². The molecular formula is C13H14N2O5. The SMILES string of the molecule is Cc1cc(C)c([N+](=O)[O-])cc1NC(=O)[C@@H]1C[C@@H]1C(=O)O. The van der Waals surface area contributed by atoms with E-state index in [2.05, 4.69) is 5.32 Å². The summed E-state index contributed by atoms with van der Waals surface area (Å²) in [7, 11) is 0. The molecule has 1 fully saturated rings. The number of anilines is 1. The van der Waals surface area contributed by atoms with Crippen LogP contribution >= 0.6 is 0 Å². The third-order valence-electron chi connectivity index (χ3n) is 3.44. The molecule has 7 heteroatoms. The first-order valence-corrected chi connectivity index (χ1v) is 6.10. The van der Waals surface area contributed by atoms with Crippen LogP contribution in [-0.4, -0.2) is 21.9 Å². The van der Waals surface area contributed by atoms with E-state index in [0.717, 1.165) is 0 Å². The largest absolute Gasteiger partial charge is 0.481 e. The third-order valence-corrected chi connectivity index (χ3v) is 3.44. The number of aliphatic carboxylic acids is 1. The minimum absolute atomic E-state index is 0.0727. The number of nitrogens with one attached hydrogen (secondary N) is 1. The molecule has 2 N–H and O–H groups in total. The van der Waals surface area contributed by atoms with Gasteiger partial charge in [0.2, 0.25) is 5.91 Å². The monoisotopic (exact) mass is 278 g/mol. The van der Waals surface area contributed by atoms with Crippen molar-refractivity contribution in [2.75, 3.05) is 5.32 Å². The number of carboxylic acids is 1. The van der Waals surface area contributed by atoms with Gasteiger partial charge in [-0.25, -0.2) is 0 Å². The van der Waals surface area contributed by atoms with Crippen LogP contribution in [0.1, 0.15) is 17.5 Å². The molecule has 0 spiro atoms. The van der Waals surface area contributed by atoms with E-state index in [1.807, 2.05) is 0 Å². The van der Waals surface area contributed by atoms with Crippen LogP contribution in [0.15, 0.2) is 12.1 Å². The molecule has 0 aromatic heterocycles. The van der Waals surface area contributed by atoms with Gasteiger partial charge in [-0.15, -0.1) is 0 Å². The highest BCUT2D eigenvalue weighted by Gasteiger charge is 2.48. The van der Waals surface area contributed by atoms with Gasteiger partial charge in [0.15, 0.2) is 0 Å². The number of rotatable bonds is 4. The molecule has 1 aliphatic rings. The van der Waals surface area contributed by atoms with Gasteiger partial charge in [-0.1, -0.05) is 0 Å². The molecule has 2 atom stereocenters. The van der Waals surface area contributed by atoms with Crippen LogP contribution in [0.25, 0.3) is 0 Å². The quantitative estimate of drug-likeness (QED) is 0.645. The zero-order valence-corrected chi connectivity index (χ0v) is 11.0. The van der Waals surface area contributed by atoms with Crippen LogP contribution in [0, 0.1) is 35.8 Å². The van der Waals surface area contributed by atoms with Crippen molar-refractivity contribution in [2.45, 2.75) is 20.3 Å². The lowest BCUT2D eigenvalue weighted by molar-refractivity contribution is -0.385. The Balaban J connectivity index is 2.18. The highest BCUT2D eigenvalue weighted by Crippen LogP contribution is 2.40. The fraction of sp³-hybridized carbons (Fsp3) is 0.385. The van der Waals surface area contributed by atoms with E-state index in [-0.39, 0.29) is 5.69 Å². The van der Waals surface area contributed by atoms with Crippen LogP contribution < -0.4 is 5.32 Å². The topological polar surface area (TPSA) is 110 Å². The van der Waals surface area contributed by atoms with Gasteiger partial charge in [0.1, 0.15) is 0 Å². The average molecular weight is 278 g/mol. The molecule has 0 aliphatic heterocycles. The maximum atomic E-state index is 11.9. The number of hydrogen-bond acceptors (Lipinski definition) is 4. The number of carbonyl (C=O) groups is 2. The highest BCUT2D eigenvalue weighted by molar-refractivity contribution is 5.98. The summed E-state index contributed by atoms with van der Waals surface area (Å²) in [5.41, 5.74) is 1.49. The molecule has 0 heterocycles. The number of nitro groups is 1. The summed E-state index contributed by atoms with van der Waals surface area (Å²) >= 11 is 0. The number of carboxylic acid groups (broad SMARTS) is 1. The summed E-state index contributed by atoms with van der Waals surface area (Å²) in [6, 6.07) is 2.93. The highest BCUT2D eigenvalue weighted by atomic mass is 16.6. The molecular weight excluding hydrogens is 264 g/mol. The molecule has 0 saturated heterocycles. The van der Waals surface area contributed by atoms with E-state index in [9.17, 15) is 19.7 Å². The predicted octanol–water partition coefficient (Wildman–Crippen LogP) is 1.87. The molecule has 20 heavy (non-hydrogen) atoms. The van der Waals surface area contributed by atoms with Crippen molar-refractivity contribution in [3.05, 3.63) is 33.4 Å².